The largest absolute Gasteiger partial charge is 0.508 e. The van der Waals surface area contributed by atoms with Crippen LogP contribution in [-0.2, 0) is 7.05 Å². The van der Waals surface area contributed by atoms with Crippen molar-refractivity contribution in [2.24, 2.45) is 7.05 Å². The maximum absolute atomic E-state index is 12.5. The number of thiazole rings is 1. The number of carbonyl (C=O) groups is 1. The number of aromatic hydroxyl groups is 1. The average molecular weight is 357 g/mol. The third kappa shape index (κ3) is 3.34. The first kappa shape index (κ1) is 17.0. The fourth-order valence-corrected chi connectivity index (χ4v) is 3.10. The highest BCUT2D eigenvalue weighted by Gasteiger charge is 2.15. The minimum absolute atomic E-state index is 0.152. The Hall–Kier alpha value is -2.87. The lowest BCUT2D eigenvalue weighted by atomic mass is 10.1. The summed E-state index contributed by atoms with van der Waals surface area (Å²) in [5.41, 5.74) is 3.98. The van der Waals surface area contributed by atoms with E-state index in [0.717, 1.165) is 16.9 Å². The van der Waals surface area contributed by atoms with Gasteiger partial charge >= 0.3 is 0 Å². The molecule has 2 aromatic heterocycles. The van der Waals surface area contributed by atoms with Crippen LogP contribution in [0.3, 0.4) is 0 Å². The van der Waals surface area contributed by atoms with Gasteiger partial charge in [-0.1, -0.05) is 17.4 Å². The molecule has 0 aliphatic rings. The molecule has 0 aliphatic heterocycles. The first-order valence-corrected chi connectivity index (χ1v) is 8.50. The highest BCUT2D eigenvalue weighted by molar-refractivity contribution is 7.17. The molecule has 3 N–H and O–H groups in total. The van der Waals surface area contributed by atoms with Gasteiger partial charge in [-0.15, -0.1) is 0 Å². The van der Waals surface area contributed by atoms with Gasteiger partial charge in [0, 0.05) is 12.6 Å². The summed E-state index contributed by atoms with van der Waals surface area (Å²) in [5, 5.41) is 20.6. The second-order valence-electron chi connectivity index (χ2n) is 5.78. The molecule has 0 saturated heterocycles. The number of hydrogen-bond donors (Lipinski definition) is 3. The van der Waals surface area contributed by atoms with Crippen LogP contribution in [0.2, 0.25) is 0 Å². The molecule has 1 amide bonds. The summed E-state index contributed by atoms with van der Waals surface area (Å²) >= 11 is 1.26. The van der Waals surface area contributed by atoms with E-state index in [1.807, 2.05) is 20.9 Å². The van der Waals surface area contributed by atoms with Crippen molar-refractivity contribution in [3.63, 3.8) is 0 Å². The lowest BCUT2D eigenvalue weighted by molar-refractivity contribution is 0.103. The molecule has 0 saturated carbocycles. The Morgan fingerprint density at radius 3 is 2.68 bits per heavy atom. The summed E-state index contributed by atoms with van der Waals surface area (Å²) in [6.07, 6.45) is 3.25. The monoisotopic (exact) mass is 357 g/mol. The molecular weight excluding hydrogens is 338 g/mol. The van der Waals surface area contributed by atoms with Crippen molar-refractivity contribution in [2.75, 3.05) is 10.6 Å². The predicted molar refractivity (Wildman–Crippen MR) is 98.9 cm³/mol. The topological polar surface area (TPSA) is 92.1 Å². The molecule has 3 aromatic rings. The molecule has 7 nitrogen and oxygen atoms in total. The van der Waals surface area contributed by atoms with E-state index < -0.39 is 0 Å². The number of aromatic nitrogens is 3. The van der Waals surface area contributed by atoms with Crippen molar-refractivity contribution in [1.82, 2.24) is 14.8 Å². The third-order valence-corrected chi connectivity index (χ3v) is 5.00. The first-order chi connectivity index (χ1) is 11.9. The van der Waals surface area contributed by atoms with Gasteiger partial charge in [0.25, 0.3) is 5.91 Å². The van der Waals surface area contributed by atoms with Crippen LogP contribution in [-0.4, -0.2) is 25.8 Å². The number of benzene rings is 1. The van der Waals surface area contributed by atoms with E-state index in [2.05, 4.69) is 20.7 Å². The van der Waals surface area contributed by atoms with E-state index in [9.17, 15) is 9.90 Å². The van der Waals surface area contributed by atoms with Crippen molar-refractivity contribution in [3.05, 3.63) is 46.2 Å². The van der Waals surface area contributed by atoms with Gasteiger partial charge in [-0.05, 0) is 32.4 Å². The zero-order chi connectivity index (χ0) is 18.1. The van der Waals surface area contributed by atoms with E-state index in [1.54, 1.807) is 29.9 Å². The number of anilines is 3. The molecule has 130 valence electrons. The van der Waals surface area contributed by atoms with Crippen molar-refractivity contribution in [1.29, 1.82) is 0 Å². The van der Waals surface area contributed by atoms with Crippen LogP contribution in [0.15, 0.2) is 24.5 Å². The Bertz CT molecular complexity index is 945. The van der Waals surface area contributed by atoms with Crippen molar-refractivity contribution < 1.29 is 9.90 Å². The summed E-state index contributed by atoms with van der Waals surface area (Å²) < 4.78 is 1.76. The smallest absolute Gasteiger partial charge is 0.267 e. The zero-order valence-corrected chi connectivity index (χ0v) is 15.2. The van der Waals surface area contributed by atoms with Gasteiger partial charge in [-0.3, -0.25) is 9.48 Å². The molecule has 0 spiro atoms. The maximum atomic E-state index is 12.5. The van der Waals surface area contributed by atoms with Gasteiger partial charge in [-0.25, -0.2) is 4.98 Å². The Labute approximate surface area is 149 Å². The summed E-state index contributed by atoms with van der Waals surface area (Å²) in [7, 11) is 1.86. The van der Waals surface area contributed by atoms with Gasteiger partial charge in [0.2, 0.25) is 0 Å². The second kappa shape index (κ2) is 6.56. The predicted octanol–water partition coefficient (Wildman–Crippen LogP) is 3.50. The fraction of sp³-hybridized carbons (Fsp3) is 0.235. The lowest BCUT2D eigenvalue weighted by Crippen LogP contribution is -2.12. The normalized spacial score (nSPS) is 10.7. The summed E-state index contributed by atoms with van der Waals surface area (Å²) in [4.78, 5) is 17.2. The molecule has 0 fully saturated rings. The molecule has 3 rings (SSSR count). The molecule has 0 unspecified atom stereocenters. The van der Waals surface area contributed by atoms with Crippen molar-refractivity contribution >= 4 is 33.8 Å². The van der Waals surface area contributed by atoms with Gasteiger partial charge < -0.3 is 15.7 Å². The van der Waals surface area contributed by atoms with Gasteiger partial charge in [-0.2, -0.15) is 5.10 Å². The van der Waals surface area contributed by atoms with Crippen LogP contribution < -0.4 is 10.6 Å². The number of amides is 1. The summed E-state index contributed by atoms with van der Waals surface area (Å²) in [5.74, 6) is -0.107. The highest BCUT2D eigenvalue weighted by atomic mass is 32.1. The number of carbonyl (C=O) groups excluding carboxylic acids is 1. The molecule has 0 bridgehead atoms. The molecule has 2 heterocycles. The van der Waals surface area contributed by atoms with Crippen molar-refractivity contribution in [3.8, 4) is 5.75 Å². The molecule has 0 radical (unpaired) electrons. The van der Waals surface area contributed by atoms with Crippen LogP contribution >= 0.6 is 11.3 Å². The van der Waals surface area contributed by atoms with E-state index in [1.165, 1.54) is 17.5 Å². The standard InChI is InChI=1S/C17H19N5O2S/c1-9-5-6-13(23)10(2)15(9)21-16(24)14-8-18-17(25-14)20-12-7-19-22(4)11(12)3/h5-8,23H,1-4H3,(H,18,20)(H,21,24). The second-order valence-corrected chi connectivity index (χ2v) is 6.81. The van der Waals surface area contributed by atoms with E-state index in [-0.39, 0.29) is 11.7 Å². The van der Waals surface area contributed by atoms with Crippen LogP contribution in [0, 0.1) is 20.8 Å². The maximum Gasteiger partial charge on any atom is 0.267 e. The van der Waals surface area contributed by atoms with Crippen molar-refractivity contribution in [2.45, 2.75) is 20.8 Å². The van der Waals surface area contributed by atoms with Gasteiger partial charge in [0.15, 0.2) is 5.13 Å². The Balaban J connectivity index is 1.77. The average Bonchev–Trinajstić information content (AvgIpc) is 3.17. The number of nitrogens with zero attached hydrogens (tertiary/aromatic N) is 3. The van der Waals surface area contributed by atoms with Crippen LogP contribution in [0.25, 0.3) is 0 Å². The number of phenols is 1. The third-order valence-electron chi connectivity index (χ3n) is 4.09. The highest BCUT2D eigenvalue weighted by Crippen LogP contribution is 2.30. The van der Waals surface area contributed by atoms with E-state index in [0.29, 0.717) is 21.3 Å². The number of aryl methyl sites for hydroxylation is 2. The minimum atomic E-state index is -0.259. The quantitative estimate of drug-likeness (QED) is 0.665. The van der Waals surface area contributed by atoms with E-state index in [4.69, 9.17) is 0 Å². The zero-order valence-electron chi connectivity index (χ0n) is 14.4. The number of nitrogens with one attached hydrogen (secondary N) is 2. The van der Waals surface area contributed by atoms with Crippen LogP contribution in [0.5, 0.6) is 5.75 Å². The lowest BCUT2D eigenvalue weighted by Gasteiger charge is -2.11. The fourth-order valence-electron chi connectivity index (χ4n) is 2.38. The number of hydrogen-bond acceptors (Lipinski definition) is 6. The first-order valence-electron chi connectivity index (χ1n) is 7.68. The van der Waals surface area contributed by atoms with Gasteiger partial charge in [0.1, 0.15) is 10.6 Å². The summed E-state index contributed by atoms with van der Waals surface area (Å²) in [6.45, 7) is 5.60. The SMILES string of the molecule is Cc1ccc(O)c(C)c1NC(=O)c1cnc(Nc2cnn(C)c2C)s1. The van der Waals surface area contributed by atoms with Crippen LogP contribution in [0.4, 0.5) is 16.5 Å². The molecule has 0 aliphatic carbocycles. The summed E-state index contributed by atoms with van der Waals surface area (Å²) in [6, 6.07) is 3.38. The Morgan fingerprint density at radius 2 is 2.00 bits per heavy atom. The Kier molecular flexibility index (Phi) is 4.45. The number of rotatable bonds is 4. The molecule has 25 heavy (non-hydrogen) atoms. The minimum Gasteiger partial charge on any atom is -0.508 e. The molecule has 0 atom stereocenters. The van der Waals surface area contributed by atoms with E-state index >= 15 is 0 Å². The Morgan fingerprint density at radius 1 is 1.24 bits per heavy atom. The van der Waals surface area contributed by atoms with Crippen LogP contribution in [0.1, 0.15) is 26.5 Å². The molecular formula is C17H19N5O2S. The molecule has 1 aromatic carbocycles. The number of phenolic OH excluding ortho intramolecular Hbond substituents is 1. The van der Waals surface area contributed by atoms with Gasteiger partial charge in [0.05, 0.1) is 29.5 Å². The molecule has 8 heteroatoms.